The third kappa shape index (κ3) is 4.34. The zero-order valence-corrected chi connectivity index (χ0v) is 17.2. The van der Waals surface area contributed by atoms with E-state index in [0.29, 0.717) is 16.9 Å². The van der Waals surface area contributed by atoms with Crippen molar-refractivity contribution in [3.05, 3.63) is 51.8 Å². The topological polar surface area (TPSA) is 97.5 Å². The van der Waals surface area contributed by atoms with E-state index in [4.69, 9.17) is 9.47 Å². The molecule has 0 saturated carbocycles. The predicted octanol–water partition coefficient (Wildman–Crippen LogP) is 3.48. The van der Waals surface area contributed by atoms with Crippen molar-refractivity contribution in [2.24, 2.45) is 0 Å². The molecule has 1 aromatic heterocycles. The third-order valence-corrected chi connectivity index (χ3v) is 5.14. The summed E-state index contributed by atoms with van der Waals surface area (Å²) in [7, 11) is 0. The van der Waals surface area contributed by atoms with Gasteiger partial charge >= 0.3 is 11.9 Å². The fourth-order valence-corrected chi connectivity index (χ4v) is 3.63. The summed E-state index contributed by atoms with van der Waals surface area (Å²) in [5.41, 5.74) is 4.64. The number of aromatic nitrogens is 1. The van der Waals surface area contributed by atoms with E-state index in [1.54, 1.807) is 20.8 Å². The SMILES string of the molecule is CCOC(=O)c1[nH]c(C)c(C(=O)O[C@@H](C)C(=O)Nc2ccc3c(c2)CCC3)c1C. The highest BCUT2D eigenvalue weighted by Gasteiger charge is 2.26. The molecule has 0 fully saturated rings. The molecule has 1 heterocycles. The van der Waals surface area contributed by atoms with Gasteiger partial charge in [0.05, 0.1) is 12.2 Å². The molecular weight excluding hydrogens is 372 g/mol. The first-order valence-electron chi connectivity index (χ1n) is 9.81. The monoisotopic (exact) mass is 398 g/mol. The second-order valence-corrected chi connectivity index (χ2v) is 7.22. The van der Waals surface area contributed by atoms with Gasteiger partial charge in [-0.25, -0.2) is 9.59 Å². The molecule has 0 aliphatic heterocycles. The summed E-state index contributed by atoms with van der Waals surface area (Å²) in [6.07, 6.45) is 2.22. The minimum atomic E-state index is -0.990. The van der Waals surface area contributed by atoms with Crippen LogP contribution >= 0.6 is 0 Å². The summed E-state index contributed by atoms with van der Waals surface area (Å²) in [6.45, 7) is 6.77. The molecule has 3 rings (SSSR count). The van der Waals surface area contributed by atoms with Crippen molar-refractivity contribution in [3.8, 4) is 0 Å². The number of ether oxygens (including phenoxy) is 2. The molecule has 1 aromatic carbocycles. The molecule has 154 valence electrons. The largest absolute Gasteiger partial charge is 0.461 e. The number of anilines is 1. The number of amides is 1. The molecule has 1 atom stereocenters. The highest BCUT2D eigenvalue weighted by atomic mass is 16.5. The average molecular weight is 398 g/mol. The molecule has 1 aliphatic rings. The fourth-order valence-electron chi connectivity index (χ4n) is 3.63. The Morgan fingerprint density at radius 3 is 2.59 bits per heavy atom. The predicted molar refractivity (Wildman–Crippen MR) is 108 cm³/mol. The van der Waals surface area contributed by atoms with Crippen LogP contribution in [0.5, 0.6) is 0 Å². The lowest BCUT2D eigenvalue weighted by atomic mass is 10.1. The van der Waals surface area contributed by atoms with Crippen LogP contribution in [0.4, 0.5) is 5.69 Å². The molecule has 0 unspecified atom stereocenters. The van der Waals surface area contributed by atoms with Gasteiger partial charge in [0.25, 0.3) is 5.91 Å². The normalized spacial score (nSPS) is 13.5. The Hall–Kier alpha value is -3.09. The Balaban J connectivity index is 1.67. The van der Waals surface area contributed by atoms with Crippen molar-refractivity contribution in [2.45, 2.75) is 53.1 Å². The number of rotatable bonds is 6. The number of carbonyl (C=O) groups is 3. The maximum absolute atomic E-state index is 12.6. The summed E-state index contributed by atoms with van der Waals surface area (Å²) < 4.78 is 10.3. The Kier molecular flexibility index (Phi) is 6.06. The van der Waals surface area contributed by atoms with Gasteiger partial charge in [0, 0.05) is 11.4 Å². The lowest BCUT2D eigenvalue weighted by molar-refractivity contribution is -0.123. The van der Waals surface area contributed by atoms with E-state index in [2.05, 4.69) is 10.3 Å². The zero-order valence-electron chi connectivity index (χ0n) is 17.2. The molecule has 0 bridgehead atoms. The van der Waals surface area contributed by atoms with Crippen molar-refractivity contribution in [2.75, 3.05) is 11.9 Å². The molecule has 2 aromatic rings. The van der Waals surface area contributed by atoms with E-state index < -0.39 is 23.9 Å². The number of nitrogens with one attached hydrogen (secondary N) is 2. The molecule has 0 spiro atoms. The standard InChI is InChI=1S/C22H26N2O5/c1-5-28-22(27)19-12(2)18(13(3)23-19)21(26)29-14(4)20(25)24-17-10-9-15-7-6-8-16(15)11-17/h9-11,14,23H,5-8H2,1-4H3,(H,24,25)/t14-/m0/s1. The maximum Gasteiger partial charge on any atom is 0.355 e. The van der Waals surface area contributed by atoms with Crippen LogP contribution in [-0.2, 0) is 27.1 Å². The molecule has 7 heteroatoms. The fraction of sp³-hybridized carbons (Fsp3) is 0.409. The summed E-state index contributed by atoms with van der Waals surface area (Å²) >= 11 is 0. The molecule has 1 amide bonds. The van der Waals surface area contributed by atoms with Crippen LogP contribution in [0.3, 0.4) is 0 Å². The first-order chi connectivity index (χ1) is 13.8. The van der Waals surface area contributed by atoms with E-state index in [0.717, 1.165) is 19.3 Å². The van der Waals surface area contributed by atoms with E-state index in [1.807, 2.05) is 18.2 Å². The minimum absolute atomic E-state index is 0.214. The molecule has 7 nitrogen and oxygen atoms in total. The molecule has 0 saturated heterocycles. The molecule has 29 heavy (non-hydrogen) atoms. The Labute approximate surface area is 169 Å². The average Bonchev–Trinajstić information content (AvgIpc) is 3.25. The van der Waals surface area contributed by atoms with Crippen molar-refractivity contribution in [3.63, 3.8) is 0 Å². The maximum atomic E-state index is 12.6. The number of hydrogen-bond donors (Lipinski definition) is 2. The number of benzene rings is 1. The second kappa shape index (κ2) is 8.51. The summed E-state index contributed by atoms with van der Waals surface area (Å²) in [5.74, 6) is -1.61. The van der Waals surface area contributed by atoms with Gasteiger partial charge in [-0.15, -0.1) is 0 Å². The summed E-state index contributed by atoms with van der Waals surface area (Å²) in [4.78, 5) is 40.0. The van der Waals surface area contributed by atoms with Crippen LogP contribution in [0.2, 0.25) is 0 Å². The third-order valence-electron chi connectivity index (χ3n) is 5.14. The number of aromatic amines is 1. The zero-order chi connectivity index (χ0) is 21.1. The number of hydrogen-bond acceptors (Lipinski definition) is 5. The van der Waals surface area contributed by atoms with Crippen LogP contribution in [0.15, 0.2) is 18.2 Å². The lowest BCUT2D eigenvalue weighted by Crippen LogP contribution is -2.30. The number of aryl methyl sites for hydroxylation is 3. The van der Waals surface area contributed by atoms with E-state index in [-0.39, 0.29) is 17.9 Å². The van der Waals surface area contributed by atoms with Crippen molar-refractivity contribution < 1.29 is 23.9 Å². The Morgan fingerprint density at radius 1 is 1.14 bits per heavy atom. The van der Waals surface area contributed by atoms with Gasteiger partial charge in [-0.2, -0.15) is 0 Å². The van der Waals surface area contributed by atoms with Gasteiger partial charge in [-0.05, 0) is 75.8 Å². The number of fused-ring (bicyclic) bond motifs is 1. The van der Waals surface area contributed by atoms with Gasteiger partial charge in [0.1, 0.15) is 5.69 Å². The van der Waals surface area contributed by atoms with E-state index >= 15 is 0 Å². The summed E-state index contributed by atoms with van der Waals surface area (Å²) in [5, 5.41) is 2.80. The second-order valence-electron chi connectivity index (χ2n) is 7.22. The highest BCUT2D eigenvalue weighted by molar-refractivity contribution is 6.01. The summed E-state index contributed by atoms with van der Waals surface area (Å²) in [6, 6.07) is 5.86. The van der Waals surface area contributed by atoms with Crippen molar-refractivity contribution in [1.29, 1.82) is 0 Å². The van der Waals surface area contributed by atoms with Gasteiger partial charge < -0.3 is 19.8 Å². The number of carbonyl (C=O) groups excluding carboxylic acids is 3. The molecule has 0 radical (unpaired) electrons. The van der Waals surface area contributed by atoms with E-state index in [9.17, 15) is 14.4 Å². The first kappa shape index (κ1) is 20.6. The van der Waals surface area contributed by atoms with Crippen molar-refractivity contribution >= 4 is 23.5 Å². The number of H-pyrrole nitrogens is 1. The van der Waals surface area contributed by atoms with Gasteiger partial charge in [0.15, 0.2) is 6.10 Å². The van der Waals surface area contributed by atoms with Crippen molar-refractivity contribution in [1.82, 2.24) is 4.98 Å². The van der Waals surface area contributed by atoms with Crippen LogP contribution in [0, 0.1) is 13.8 Å². The van der Waals surface area contributed by atoms with Gasteiger partial charge in [-0.3, -0.25) is 4.79 Å². The minimum Gasteiger partial charge on any atom is -0.461 e. The van der Waals surface area contributed by atoms with Gasteiger partial charge in [-0.1, -0.05) is 6.07 Å². The lowest BCUT2D eigenvalue weighted by Gasteiger charge is -2.14. The van der Waals surface area contributed by atoms with Gasteiger partial charge in [0.2, 0.25) is 0 Å². The molecule has 1 aliphatic carbocycles. The molecule has 2 N–H and O–H groups in total. The van der Waals surface area contributed by atoms with Crippen LogP contribution < -0.4 is 5.32 Å². The van der Waals surface area contributed by atoms with Crippen LogP contribution in [-0.4, -0.2) is 35.5 Å². The number of esters is 2. The van der Waals surface area contributed by atoms with Crippen LogP contribution in [0.1, 0.15) is 63.5 Å². The molecular formula is C22H26N2O5. The van der Waals surface area contributed by atoms with E-state index in [1.165, 1.54) is 18.1 Å². The highest BCUT2D eigenvalue weighted by Crippen LogP contribution is 2.25. The Bertz CT molecular complexity index is 960. The first-order valence-corrected chi connectivity index (χ1v) is 9.81. The van der Waals surface area contributed by atoms with Crippen LogP contribution in [0.25, 0.3) is 0 Å². The quantitative estimate of drug-likeness (QED) is 0.726. The smallest absolute Gasteiger partial charge is 0.355 e. The Morgan fingerprint density at radius 2 is 1.86 bits per heavy atom.